The summed E-state index contributed by atoms with van der Waals surface area (Å²) < 4.78 is 50.7. The number of rotatable bonds is 2. The molecule has 6 nitrogen and oxygen atoms in total. The van der Waals surface area contributed by atoms with Crippen molar-refractivity contribution in [3.05, 3.63) is 13.8 Å². The van der Waals surface area contributed by atoms with Gasteiger partial charge < -0.3 is 32.1 Å². The molecular weight excluding hydrogens is 316 g/mol. The second-order valence-corrected chi connectivity index (χ2v) is 2.29. The van der Waals surface area contributed by atoms with Gasteiger partial charge in [-0.05, 0) is 0 Å². The second-order valence-electron chi connectivity index (χ2n) is 1.47. The fourth-order valence-corrected chi connectivity index (χ4v) is 0.177. The van der Waals surface area contributed by atoms with Crippen molar-refractivity contribution >= 4 is 22.7 Å². The zero-order valence-electron chi connectivity index (χ0n) is 7.21. The van der Waals surface area contributed by atoms with Gasteiger partial charge in [0.2, 0.25) is 0 Å². The third-order valence-electron chi connectivity index (χ3n) is 0.500. The summed E-state index contributed by atoms with van der Waals surface area (Å²) in [6.07, 6.45) is 3.23. The Hall–Kier alpha value is 0.828. The first-order valence-electron chi connectivity index (χ1n) is 3.00. The van der Waals surface area contributed by atoms with E-state index in [-0.39, 0.29) is 21.1 Å². The van der Waals surface area contributed by atoms with Crippen LogP contribution in [0.1, 0.15) is 19.3 Å². The second kappa shape index (κ2) is 23.6. The van der Waals surface area contributed by atoms with E-state index in [1.165, 1.54) is 6.42 Å². The van der Waals surface area contributed by atoms with Gasteiger partial charge in [0, 0.05) is 0 Å². The first-order valence-corrected chi connectivity index (χ1v) is 5.00. The molecule has 0 aromatic carbocycles. The molecule has 0 aliphatic rings. The van der Waals surface area contributed by atoms with Crippen molar-refractivity contribution < 1.29 is 47.7 Å². The molecule has 0 rings (SSSR count). The molecule has 0 radical (unpaired) electrons. The average Bonchev–Trinajstić information content (AvgIpc) is 1.86. The Balaban J connectivity index is -0.0000000522. The Kier molecular flexibility index (Phi) is 40.7. The van der Waals surface area contributed by atoms with E-state index in [9.17, 15) is 0 Å². The van der Waals surface area contributed by atoms with Crippen LogP contribution in [0.3, 0.4) is 0 Å². The van der Waals surface area contributed by atoms with Gasteiger partial charge >= 0.3 is 21.1 Å². The first-order chi connectivity index (χ1) is 5.88. The van der Waals surface area contributed by atoms with Crippen LogP contribution in [0.15, 0.2) is 0 Å². The molecule has 0 aromatic rings. The van der Waals surface area contributed by atoms with Crippen molar-refractivity contribution in [1.29, 1.82) is 0 Å². The zero-order chi connectivity index (χ0) is 11.3. The summed E-state index contributed by atoms with van der Waals surface area (Å²) in [7, 11) is 0. The van der Waals surface area contributed by atoms with Crippen molar-refractivity contribution in [2.24, 2.45) is 0 Å². The summed E-state index contributed by atoms with van der Waals surface area (Å²) in [5.74, 6) is 0. The van der Waals surface area contributed by atoms with Gasteiger partial charge in [0.1, 0.15) is 0 Å². The SMILES string of the molecule is O=S([O-])[O-].O=S([O-])[O-].[CH2-]CCC[CH2-].[Mo+4]. The molecule has 9 heteroatoms. The molecule has 0 amide bonds. The van der Waals surface area contributed by atoms with Crippen molar-refractivity contribution in [3.8, 4) is 0 Å². The zero-order valence-corrected chi connectivity index (χ0v) is 10.8. The standard InChI is InChI=1S/C5H10.Mo.2H2O3S/c1-3-5-4-2;;2*1-4(2)3/h1-5H2;;2*(H2,1,2,3)/q-2;+4;;/p-4. The summed E-state index contributed by atoms with van der Waals surface area (Å²) in [5.41, 5.74) is 0. The van der Waals surface area contributed by atoms with Gasteiger partial charge in [-0.3, -0.25) is 8.42 Å². The molecule has 0 atom stereocenters. The van der Waals surface area contributed by atoms with Gasteiger partial charge in [0.25, 0.3) is 0 Å². The van der Waals surface area contributed by atoms with Crippen molar-refractivity contribution in [2.75, 3.05) is 0 Å². The minimum absolute atomic E-state index is 0. The molecule has 0 spiro atoms. The van der Waals surface area contributed by atoms with E-state index in [0.29, 0.717) is 0 Å². The molecule has 0 N–H and O–H groups in total. The fraction of sp³-hybridized carbons (Fsp3) is 0.600. The molecule has 0 aliphatic heterocycles. The normalized spacial score (nSPS) is 8.00. The maximum Gasteiger partial charge on any atom is 4.00 e. The van der Waals surface area contributed by atoms with Crippen LogP contribution in [0.2, 0.25) is 0 Å². The summed E-state index contributed by atoms with van der Waals surface area (Å²) >= 11 is -6.22. The fourth-order valence-electron chi connectivity index (χ4n) is 0.177. The Bertz CT molecular complexity index is 111. The molecule has 0 fully saturated rings. The topological polar surface area (TPSA) is 126 Å². The summed E-state index contributed by atoms with van der Waals surface area (Å²) in [6.45, 7) is 7.27. The average molecular weight is 326 g/mol. The Morgan fingerprint density at radius 3 is 1.00 bits per heavy atom. The van der Waals surface area contributed by atoms with E-state index >= 15 is 0 Å². The number of hydrogen-bond acceptors (Lipinski definition) is 6. The minimum atomic E-state index is -3.11. The predicted molar refractivity (Wildman–Crippen MR) is 44.0 cm³/mol. The summed E-state index contributed by atoms with van der Waals surface area (Å²) in [5, 5.41) is 0. The van der Waals surface area contributed by atoms with E-state index in [1.54, 1.807) is 0 Å². The van der Waals surface area contributed by atoms with Crippen LogP contribution in [0, 0.1) is 13.8 Å². The molecule has 0 aliphatic carbocycles. The van der Waals surface area contributed by atoms with Gasteiger partial charge in [-0.1, -0.05) is 0 Å². The van der Waals surface area contributed by atoms with E-state index in [1.807, 2.05) is 0 Å². The van der Waals surface area contributed by atoms with Gasteiger partial charge in [-0.2, -0.15) is 12.8 Å². The molecule has 0 unspecified atom stereocenters. The Morgan fingerprint density at radius 2 is 1.00 bits per heavy atom. The van der Waals surface area contributed by atoms with Crippen LogP contribution in [0.25, 0.3) is 0 Å². The van der Waals surface area contributed by atoms with Crippen molar-refractivity contribution in [1.82, 2.24) is 0 Å². The van der Waals surface area contributed by atoms with E-state index in [4.69, 9.17) is 26.6 Å². The molecule has 86 valence electrons. The molecule has 0 saturated heterocycles. The largest absolute Gasteiger partial charge is 4.00 e. The first kappa shape index (κ1) is 24.2. The number of unbranched alkanes of at least 4 members (excludes halogenated alkanes) is 2. The van der Waals surface area contributed by atoms with E-state index in [2.05, 4.69) is 13.8 Å². The molecule has 14 heavy (non-hydrogen) atoms. The molecular formula is C5H10MoO6S2-2. The quantitative estimate of drug-likeness (QED) is 0.393. The maximum atomic E-state index is 8.44. The van der Waals surface area contributed by atoms with E-state index in [0.717, 1.165) is 12.8 Å². The van der Waals surface area contributed by atoms with E-state index < -0.39 is 22.7 Å². The minimum Gasteiger partial charge on any atom is -0.784 e. The summed E-state index contributed by atoms with van der Waals surface area (Å²) in [4.78, 5) is 0. The maximum absolute atomic E-state index is 8.44. The monoisotopic (exact) mass is 328 g/mol. The van der Waals surface area contributed by atoms with Crippen LogP contribution < -0.4 is 0 Å². The molecule has 0 heterocycles. The smallest absolute Gasteiger partial charge is 0.784 e. The molecule has 0 aromatic heterocycles. The molecule has 0 bridgehead atoms. The third-order valence-corrected chi connectivity index (χ3v) is 0.500. The Labute approximate surface area is 103 Å². The van der Waals surface area contributed by atoms with Gasteiger partial charge in [-0.25, -0.2) is 0 Å². The third kappa shape index (κ3) is 224. The van der Waals surface area contributed by atoms with Crippen LogP contribution in [0.5, 0.6) is 0 Å². The van der Waals surface area contributed by atoms with Crippen molar-refractivity contribution in [3.63, 3.8) is 0 Å². The van der Waals surface area contributed by atoms with Crippen LogP contribution >= 0.6 is 0 Å². The predicted octanol–water partition coefficient (Wildman–Crippen LogP) is -0.186. The van der Waals surface area contributed by atoms with Crippen LogP contribution in [0.4, 0.5) is 0 Å². The van der Waals surface area contributed by atoms with Crippen LogP contribution in [-0.4, -0.2) is 26.6 Å². The van der Waals surface area contributed by atoms with Gasteiger partial charge in [0.05, 0.1) is 0 Å². The molecule has 0 saturated carbocycles. The Morgan fingerprint density at radius 1 is 0.857 bits per heavy atom. The van der Waals surface area contributed by atoms with Crippen molar-refractivity contribution in [2.45, 2.75) is 19.3 Å². The van der Waals surface area contributed by atoms with Crippen LogP contribution in [-0.2, 0) is 43.8 Å². The summed E-state index contributed by atoms with van der Waals surface area (Å²) in [6, 6.07) is 0. The van der Waals surface area contributed by atoms with Gasteiger partial charge in [0.15, 0.2) is 0 Å². The number of hydrogen-bond donors (Lipinski definition) is 0. The van der Waals surface area contributed by atoms with Gasteiger partial charge in [-0.15, -0.1) is 29.1 Å².